The summed E-state index contributed by atoms with van der Waals surface area (Å²) in [7, 11) is 3.58. The fraction of sp³-hybridized carbons (Fsp3) is 0.500. The van der Waals surface area contributed by atoms with Crippen molar-refractivity contribution in [1.29, 1.82) is 0 Å². The summed E-state index contributed by atoms with van der Waals surface area (Å²) in [6.45, 7) is 1.08. The van der Waals surface area contributed by atoms with Gasteiger partial charge in [0.15, 0.2) is 0 Å². The third-order valence-corrected chi connectivity index (χ3v) is 2.28. The molecule has 1 heterocycles. The van der Waals surface area contributed by atoms with Gasteiger partial charge >= 0.3 is 0 Å². The first-order chi connectivity index (χ1) is 7.02. The normalized spacial score (nSPS) is 10.5. The zero-order valence-electron chi connectivity index (χ0n) is 9.15. The minimum Gasteiger partial charge on any atom is -0.506 e. The number of aromatic nitrogens is 1. The Morgan fingerprint density at radius 2 is 1.67 bits per heavy atom. The van der Waals surface area contributed by atoms with E-state index in [1.54, 1.807) is 25.9 Å². The Bertz CT molecular complexity index is 364. The Morgan fingerprint density at radius 3 is 2.07 bits per heavy atom. The maximum Gasteiger partial charge on any atom is 0.142 e. The van der Waals surface area contributed by atoms with Crippen LogP contribution in [0, 0.1) is 6.92 Å². The largest absolute Gasteiger partial charge is 0.506 e. The molecule has 0 bridgehead atoms. The molecule has 5 heteroatoms. The number of nitrogens with zero attached hydrogens (tertiary/aromatic N) is 2. The van der Waals surface area contributed by atoms with Crippen LogP contribution in [0.2, 0.25) is 0 Å². The summed E-state index contributed by atoms with van der Waals surface area (Å²) >= 11 is 0. The van der Waals surface area contributed by atoms with Gasteiger partial charge in [-0.1, -0.05) is 0 Å². The van der Waals surface area contributed by atoms with Crippen molar-refractivity contribution in [3.8, 4) is 5.75 Å². The number of hydrogen-bond donors (Lipinski definition) is 3. The van der Waals surface area contributed by atoms with E-state index >= 15 is 0 Å². The molecule has 0 atom stereocenters. The second-order valence-electron chi connectivity index (χ2n) is 3.54. The van der Waals surface area contributed by atoms with E-state index in [-0.39, 0.29) is 19.0 Å². The topological polar surface area (TPSA) is 76.8 Å². The van der Waals surface area contributed by atoms with Crippen molar-refractivity contribution < 1.29 is 15.3 Å². The zero-order valence-corrected chi connectivity index (χ0v) is 9.15. The molecule has 0 saturated carbocycles. The molecule has 0 unspecified atom stereocenters. The number of anilines is 1. The number of aromatic hydroxyl groups is 1. The zero-order chi connectivity index (χ0) is 11.6. The van der Waals surface area contributed by atoms with Crippen molar-refractivity contribution in [2.75, 3.05) is 19.0 Å². The number of pyridine rings is 1. The highest BCUT2D eigenvalue weighted by Crippen LogP contribution is 2.30. The molecule has 0 radical (unpaired) electrons. The van der Waals surface area contributed by atoms with Gasteiger partial charge in [-0.2, -0.15) is 0 Å². The lowest BCUT2D eigenvalue weighted by Gasteiger charge is -2.19. The van der Waals surface area contributed by atoms with Crippen molar-refractivity contribution in [3.05, 3.63) is 16.8 Å². The van der Waals surface area contributed by atoms with E-state index in [1.807, 2.05) is 0 Å². The molecule has 1 rings (SSSR count). The lowest BCUT2D eigenvalue weighted by Crippen LogP contribution is -2.16. The molecule has 0 aliphatic heterocycles. The average molecular weight is 212 g/mol. The van der Waals surface area contributed by atoms with Crippen LogP contribution in [0.15, 0.2) is 0 Å². The molecule has 1 aromatic rings. The van der Waals surface area contributed by atoms with Crippen LogP contribution in [0.4, 0.5) is 5.82 Å². The van der Waals surface area contributed by atoms with E-state index in [2.05, 4.69) is 4.98 Å². The van der Waals surface area contributed by atoms with Crippen LogP contribution >= 0.6 is 0 Å². The molecular formula is C10H16N2O3. The highest BCUT2D eigenvalue weighted by Gasteiger charge is 2.17. The van der Waals surface area contributed by atoms with Gasteiger partial charge in [-0.15, -0.1) is 0 Å². The molecule has 0 fully saturated rings. The molecule has 0 amide bonds. The van der Waals surface area contributed by atoms with Crippen molar-refractivity contribution >= 4 is 5.82 Å². The highest BCUT2D eigenvalue weighted by molar-refractivity contribution is 5.55. The van der Waals surface area contributed by atoms with Crippen molar-refractivity contribution in [3.63, 3.8) is 0 Å². The maximum absolute atomic E-state index is 9.66. The monoisotopic (exact) mass is 212 g/mol. The molecule has 0 saturated heterocycles. The van der Waals surface area contributed by atoms with Crippen LogP contribution in [-0.4, -0.2) is 34.4 Å². The third-order valence-electron chi connectivity index (χ3n) is 2.28. The number of aliphatic hydroxyl groups excluding tert-OH is 2. The summed E-state index contributed by atoms with van der Waals surface area (Å²) in [5, 5.41) is 28.0. The van der Waals surface area contributed by atoms with E-state index in [1.165, 1.54) is 0 Å². The first-order valence-corrected chi connectivity index (χ1v) is 4.63. The molecule has 0 aliphatic carbocycles. The molecule has 0 aromatic carbocycles. The Balaban J connectivity index is 3.47. The van der Waals surface area contributed by atoms with Crippen LogP contribution in [-0.2, 0) is 13.2 Å². The van der Waals surface area contributed by atoms with Gasteiger partial charge in [0.1, 0.15) is 11.6 Å². The predicted molar refractivity (Wildman–Crippen MR) is 56.8 cm³/mol. The molecule has 0 spiro atoms. The first kappa shape index (κ1) is 11.7. The fourth-order valence-electron chi connectivity index (χ4n) is 1.48. The molecule has 84 valence electrons. The van der Waals surface area contributed by atoms with E-state index in [0.717, 1.165) is 0 Å². The molecule has 5 nitrogen and oxygen atoms in total. The highest BCUT2D eigenvalue weighted by atomic mass is 16.3. The molecule has 15 heavy (non-hydrogen) atoms. The molecule has 0 aliphatic rings. The van der Waals surface area contributed by atoms with Crippen LogP contribution in [0.3, 0.4) is 0 Å². The Hall–Kier alpha value is -1.33. The molecule has 1 aromatic heterocycles. The van der Waals surface area contributed by atoms with Gasteiger partial charge in [-0.25, -0.2) is 4.98 Å². The predicted octanol–water partition coefficient (Wildman–Crippen LogP) is 0.146. The standard InChI is InChI=1S/C10H16N2O3/c1-6-9(15)7(4-13)8(5-14)10(11-6)12(2)3/h13-15H,4-5H2,1-3H3. The molecule has 3 N–H and O–H groups in total. The summed E-state index contributed by atoms with van der Waals surface area (Å²) in [5.74, 6) is 0.518. The molecular weight excluding hydrogens is 196 g/mol. The average Bonchev–Trinajstić information content (AvgIpc) is 2.20. The lowest BCUT2D eigenvalue weighted by molar-refractivity contribution is 0.254. The SMILES string of the molecule is Cc1nc(N(C)C)c(CO)c(CO)c1O. The van der Waals surface area contributed by atoms with Crippen molar-refractivity contribution in [1.82, 2.24) is 4.98 Å². The summed E-state index contributed by atoms with van der Waals surface area (Å²) in [6, 6.07) is 0. The van der Waals surface area contributed by atoms with Gasteiger partial charge in [0, 0.05) is 25.2 Å². The second-order valence-corrected chi connectivity index (χ2v) is 3.54. The van der Waals surface area contributed by atoms with Crippen LogP contribution in [0.5, 0.6) is 5.75 Å². The van der Waals surface area contributed by atoms with E-state index in [9.17, 15) is 10.2 Å². The summed E-state index contributed by atoms with van der Waals surface area (Å²) < 4.78 is 0. The Morgan fingerprint density at radius 1 is 1.13 bits per heavy atom. The summed E-state index contributed by atoms with van der Waals surface area (Å²) in [5.41, 5.74) is 1.25. The van der Waals surface area contributed by atoms with Gasteiger partial charge in [0.25, 0.3) is 0 Å². The minimum absolute atomic E-state index is 0.0489. The Labute approximate surface area is 88.6 Å². The second kappa shape index (κ2) is 4.46. The van der Waals surface area contributed by atoms with Gasteiger partial charge in [0.05, 0.1) is 18.9 Å². The number of aryl methyl sites for hydroxylation is 1. The quantitative estimate of drug-likeness (QED) is 0.664. The first-order valence-electron chi connectivity index (χ1n) is 4.63. The summed E-state index contributed by atoms with van der Waals surface area (Å²) in [4.78, 5) is 5.89. The van der Waals surface area contributed by atoms with Crippen molar-refractivity contribution in [2.24, 2.45) is 0 Å². The van der Waals surface area contributed by atoms with Crippen LogP contribution in [0.1, 0.15) is 16.8 Å². The number of rotatable bonds is 3. The summed E-state index contributed by atoms with van der Waals surface area (Å²) in [6.07, 6.45) is 0. The number of aliphatic hydroxyl groups is 2. The van der Waals surface area contributed by atoms with Gasteiger partial charge in [-0.3, -0.25) is 0 Å². The fourth-order valence-corrected chi connectivity index (χ4v) is 1.48. The smallest absolute Gasteiger partial charge is 0.142 e. The van der Waals surface area contributed by atoms with Gasteiger partial charge < -0.3 is 20.2 Å². The third kappa shape index (κ3) is 2.03. The van der Waals surface area contributed by atoms with Gasteiger partial charge in [-0.05, 0) is 6.92 Å². The van der Waals surface area contributed by atoms with Crippen LogP contribution < -0.4 is 4.90 Å². The van der Waals surface area contributed by atoms with Crippen LogP contribution in [0.25, 0.3) is 0 Å². The van der Waals surface area contributed by atoms with Crippen molar-refractivity contribution in [2.45, 2.75) is 20.1 Å². The van der Waals surface area contributed by atoms with Gasteiger partial charge in [0.2, 0.25) is 0 Å². The Kier molecular flexibility index (Phi) is 3.49. The maximum atomic E-state index is 9.66. The van der Waals surface area contributed by atoms with E-state index in [0.29, 0.717) is 22.6 Å². The van der Waals surface area contributed by atoms with E-state index < -0.39 is 0 Å². The number of hydrogen-bond acceptors (Lipinski definition) is 5. The minimum atomic E-state index is -0.314. The lowest BCUT2D eigenvalue weighted by atomic mass is 10.1. The van der Waals surface area contributed by atoms with E-state index in [4.69, 9.17) is 5.11 Å².